The first kappa shape index (κ1) is 13.1. The molecule has 0 fully saturated rings. The second-order valence-corrected chi connectivity index (χ2v) is 5.21. The van der Waals surface area contributed by atoms with Crippen LogP contribution in [0.1, 0.15) is 47.0 Å². The van der Waals surface area contributed by atoms with Crippen LogP contribution in [0.15, 0.2) is 0 Å². The molecule has 0 rings (SSSR count). The maximum Gasteiger partial charge on any atom is 0.223 e. The quantitative estimate of drug-likeness (QED) is 0.664. The molecule has 14 heavy (non-hydrogen) atoms. The van der Waals surface area contributed by atoms with Gasteiger partial charge in [-0.3, -0.25) is 4.79 Å². The van der Waals surface area contributed by atoms with Crippen molar-refractivity contribution in [3.8, 4) is 0 Å². The molecule has 0 radical (unpaired) electrons. The summed E-state index contributed by atoms with van der Waals surface area (Å²) in [5.74, 6) is -0.276. The normalized spacial score (nSPS) is 12.6. The summed E-state index contributed by atoms with van der Waals surface area (Å²) in [6.07, 6.45) is 3.35. The molecule has 0 spiro atoms. The Morgan fingerprint density at radius 1 is 1.21 bits per heavy atom. The molecule has 3 nitrogen and oxygen atoms in total. The SMILES string of the molecule is CC(C)(C=O)CCCC(C)(C)C(N)=O. The highest BCUT2D eigenvalue weighted by Gasteiger charge is 2.25. The Bertz CT molecular complexity index is 219. The summed E-state index contributed by atoms with van der Waals surface area (Å²) in [7, 11) is 0. The highest BCUT2D eigenvalue weighted by molar-refractivity contribution is 5.79. The Balaban J connectivity index is 3.97. The van der Waals surface area contributed by atoms with E-state index < -0.39 is 5.41 Å². The number of rotatable bonds is 6. The Hall–Kier alpha value is -0.860. The maximum absolute atomic E-state index is 11.0. The van der Waals surface area contributed by atoms with Gasteiger partial charge >= 0.3 is 0 Å². The van der Waals surface area contributed by atoms with Gasteiger partial charge in [0.25, 0.3) is 0 Å². The molecule has 0 unspecified atom stereocenters. The van der Waals surface area contributed by atoms with E-state index in [1.165, 1.54) is 0 Å². The van der Waals surface area contributed by atoms with E-state index in [9.17, 15) is 9.59 Å². The molecule has 0 heterocycles. The molecule has 2 N–H and O–H groups in total. The van der Waals surface area contributed by atoms with Gasteiger partial charge in [0.05, 0.1) is 0 Å². The number of hydrogen-bond donors (Lipinski definition) is 1. The predicted molar refractivity (Wildman–Crippen MR) is 56.7 cm³/mol. The van der Waals surface area contributed by atoms with E-state index in [2.05, 4.69) is 0 Å². The van der Waals surface area contributed by atoms with Gasteiger partial charge in [0, 0.05) is 10.8 Å². The molecule has 0 saturated heterocycles. The minimum absolute atomic E-state index is 0.276. The van der Waals surface area contributed by atoms with Gasteiger partial charge < -0.3 is 10.5 Å². The van der Waals surface area contributed by atoms with Gasteiger partial charge in [0.2, 0.25) is 5.91 Å². The van der Waals surface area contributed by atoms with E-state index in [-0.39, 0.29) is 11.3 Å². The van der Waals surface area contributed by atoms with Crippen LogP contribution in [0.4, 0.5) is 0 Å². The molecule has 0 atom stereocenters. The van der Waals surface area contributed by atoms with Gasteiger partial charge in [0.1, 0.15) is 6.29 Å². The van der Waals surface area contributed by atoms with Crippen LogP contribution in [-0.2, 0) is 9.59 Å². The zero-order valence-electron chi connectivity index (χ0n) is 9.59. The second-order valence-electron chi connectivity index (χ2n) is 5.21. The van der Waals surface area contributed by atoms with E-state index in [1.807, 2.05) is 27.7 Å². The molecule has 3 heteroatoms. The lowest BCUT2D eigenvalue weighted by Crippen LogP contribution is -2.31. The van der Waals surface area contributed by atoms with E-state index in [4.69, 9.17) is 5.73 Å². The van der Waals surface area contributed by atoms with Crippen molar-refractivity contribution >= 4 is 12.2 Å². The van der Waals surface area contributed by atoms with Crippen LogP contribution in [0, 0.1) is 10.8 Å². The number of aldehydes is 1. The molecular weight excluding hydrogens is 178 g/mol. The topological polar surface area (TPSA) is 60.2 Å². The monoisotopic (exact) mass is 199 g/mol. The summed E-state index contributed by atoms with van der Waals surface area (Å²) in [5.41, 5.74) is 4.50. The smallest absolute Gasteiger partial charge is 0.223 e. The lowest BCUT2D eigenvalue weighted by Gasteiger charge is -2.22. The first-order valence-electron chi connectivity index (χ1n) is 4.97. The Labute approximate surface area is 86.1 Å². The van der Waals surface area contributed by atoms with Crippen LogP contribution in [0.25, 0.3) is 0 Å². The molecule has 0 aromatic heterocycles. The van der Waals surface area contributed by atoms with Crippen LogP contribution in [-0.4, -0.2) is 12.2 Å². The van der Waals surface area contributed by atoms with Crippen LogP contribution in [0.2, 0.25) is 0 Å². The average Bonchev–Trinajstić information content (AvgIpc) is 2.03. The molecular formula is C11H21NO2. The van der Waals surface area contributed by atoms with Crippen molar-refractivity contribution in [3.63, 3.8) is 0 Å². The van der Waals surface area contributed by atoms with Gasteiger partial charge in [-0.05, 0) is 12.8 Å². The number of amides is 1. The summed E-state index contributed by atoms with van der Waals surface area (Å²) < 4.78 is 0. The second kappa shape index (κ2) is 4.58. The van der Waals surface area contributed by atoms with Crippen LogP contribution < -0.4 is 5.73 Å². The van der Waals surface area contributed by atoms with E-state index in [0.717, 1.165) is 25.5 Å². The standard InChI is InChI=1S/C11H21NO2/c1-10(2,8-13)6-5-7-11(3,4)9(12)14/h8H,5-7H2,1-4H3,(H2,12,14). The number of carbonyl (C=O) groups is 2. The van der Waals surface area contributed by atoms with Gasteiger partial charge in [-0.2, -0.15) is 0 Å². The minimum Gasteiger partial charge on any atom is -0.369 e. The summed E-state index contributed by atoms with van der Waals surface area (Å²) >= 11 is 0. The minimum atomic E-state index is -0.459. The van der Waals surface area contributed by atoms with Crippen molar-refractivity contribution in [3.05, 3.63) is 0 Å². The predicted octanol–water partition coefficient (Wildman–Crippen LogP) is 1.89. The van der Waals surface area contributed by atoms with Gasteiger partial charge in [-0.25, -0.2) is 0 Å². The van der Waals surface area contributed by atoms with Crippen LogP contribution >= 0.6 is 0 Å². The zero-order valence-corrected chi connectivity index (χ0v) is 9.59. The molecule has 0 saturated carbocycles. The molecule has 0 aliphatic heterocycles. The zero-order chi connectivity index (χ0) is 11.4. The molecule has 0 aromatic rings. The fourth-order valence-corrected chi connectivity index (χ4v) is 1.17. The number of primary amides is 1. The fraction of sp³-hybridized carbons (Fsp3) is 0.818. The van der Waals surface area contributed by atoms with E-state index in [1.54, 1.807) is 0 Å². The van der Waals surface area contributed by atoms with Crippen molar-refractivity contribution in [1.29, 1.82) is 0 Å². The van der Waals surface area contributed by atoms with Gasteiger partial charge in [-0.15, -0.1) is 0 Å². The molecule has 0 aromatic carbocycles. The van der Waals surface area contributed by atoms with Crippen molar-refractivity contribution in [2.75, 3.05) is 0 Å². The summed E-state index contributed by atoms with van der Waals surface area (Å²) in [6, 6.07) is 0. The summed E-state index contributed by atoms with van der Waals surface area (Å²) in [6.45, 7) is 7.47. The van der Waals surface area contributed by atoms with E-state index >= 15 is 0 Å². The lowest BCUT2D eigenvalue weighted by atomic mass is 9.82. The molecule has 0 aliphatic rings. The number of carbonyl (C=O) groups excluding carboxylic acids is 2. The maximum atomic E-state index is 11.0. The van der Waals surface area contributed by atoms with Crippen molar-refractivity contribution < 1.29 is 9.59 Å². The van der Waals surface area contributed by atoms with Crippen molar-refractivity contribution in [2.24, 2.45) is 16.6 Å². The highest BCUT2D eigenvalue weighted by atomic mass is 16.1. The lowest BCUT2D eigenvalue weighted by molar-refractivity contribution is -0.126. The molecule has 0 bridgehead atoms. The van der Waals surface area contributed by atoms with E-state index in [0.29, 0.717) is 0 Å². The fourth-order valence-electron chi connectivity index (χ4n) is 1.17. The Morgan fingerprint density at radius 2 is 1.71 bits per heavy atom. The van der Waals surface area contributed by atoms with Gasteiger partial charge in [0.15, 0.2) is 0 Å². The third-order valence-corrected chi connectivity index (χ3v) is 2.61. The molecule has 1 amide bonds. The molecule has 0 aliphatic carbocycles. The molecule has 82 valence electrons. The van der Waals surface area contributed by atoms with Crippen molar-refractivity contribution in [1.82, 2.24) is 0 Å². The first-order chi connectivity index (χ1) is 6.21. The Kier molecular flexibility index (Phi) is 4.30. The van der Waals surface area contributed by atoms with Crippen molar-refractivity contribution in [2.45, 2.75) is 47.0 Å². The Morgan fingerprint density at radius 3 is 2.07 bits per heavy atom. The largest absolute Gasteiger partial charge is 0.369 e. The number of hydrogen-bond acceptors (Lipinski definition) is 2. The van der Waals surface area contributed by atoms with Gasteiger partial charge in [-0.1, -0.05) is 34.1 Å². The average molecular weight is 199 g/mol. The van der Waals surface area contributed by atoms with Crippen LogP contribution in [0.5, 0.6) is 0 Å². The highest BCUT2D eigenvalue weighted by Crippen LogP contribution is 2.27. The number of nitrogens with two attached hydrogens (primary N) is 1. The third-order valence-electron chi connectivity index (χ3n) is 2.61. The third kappa shape index (κ3) is 4.40. The van der Waals surface area contributed by atoms with Crippen LogP contribution in [0.3, 0.4) is 0 Å². The summed E-state index contributed by atoms with van der Waals surface area (Å²) in [4.78, 5) is 21.6. The first-order valence-corrected chi connectivity index (χ1v) is 4.97. The summed E-state index contributed by atoms with van der Waals surface area (Å²) in [5, 5.41) is 0.